The van der Waals surface area contributed by atoms with Gasteiger partial charge in [-0.15, -0.1) is 10.2 Å². The number of carbonyl (C=O) groups excluding carboxylic acids is 1. The standard InChI is InChI=1S/C26H23FN4OS/c1-18(25(32)30-16-15-19-7-5-6-10-21(19)17-30)33-26-29-28-24(20-8-3-2-4-9-20)31(26)23-13-11-22(27)12-14-23/h2-14,18H,15-17H2,1H3. The number of carbonyl (C=O) groups is 1. The highest BCUT2D eigenvalue weighted by atomic mass is 32.2. The Hall–Kier alpha value is -3.45. The number of aromatic nitrogens is 3. The van der Waals surface area contributed by atoms with E-state index >= 15 is 0 Å². The van der Waals surface area contributed by atoms with E-state index in [0.717, 1.165) is 17.7 Å². The van der Waals surface area contributed by atoms with E-state index in [1.807, 2.05) is 58.9 Å². The smallest absolute Gasteiger partial charge is 0.236 e. The largest absolute Gasteiger partial charge is 0.337 e. The van der Waals surface area contributed by atoms with E-state index in [0.29, 0.717) is 24.1 Å². The average Bonchev–Trinajstić information content (AvgIpc) is 3.27. The first-order chi connectivity index (χ1) is 16.1. The molecule has 0 spiro atoms. The number of hydrogen-bond acceptors (Lipinski definition) is 4. The normalized spacial score (nSPS) is 14.1. The van der Waals surface area contributed by atoms with Gasteiger partial charge in [-0.1, -0.05) is 66.4 Å². The maximum atomic E-state index is 13.6. The number of amides is 1. The molecule has 0 saturated carbocycles. The highest BCUT2D eigenvalue weighted by Crippen LogP contribution is 2.31. The molecule has 5 nitrogen and oxygen atoms in total. The maximum Gasteiger partial charge on any atom is 0.236 e. The van der Waals surface area contributed by atoms with Gasteiger partial charge >= 0.3 is 0 Å². The molecule has 0 aliphatic carbocycles. The maximum absolute atomic E-state index is 13.6. The van der Waals surface area contributed by atoms with E-state index in [9.17, 15) is 9.18 Å². The second kappa shape index (κ2) is 9.19. The summed E-state index contributed by atoms with van der Waals surface area (Å²) in [4.78, 5) is 15.2. The van der Waals surface area contributed by atoms with Gasteiger partial charge in [-0.3, -0.25) is 9.36 Å². The molecule has 3 aromatic carbocycles. The van der Waals surface area contributed by atoms with Crippen LogP contribution in [0.1, 0.15) is 18.1 Å². The van der Waals surface area contributed by atoms with Gasteiger partial charge in [0.05, 0.1) is 5.25 Å². The molecule has 0 bridgehead atoms. The fourth-order valence-corrected chi connectivity index (χ4v) is 5.04. The van der Waals surface area contributed by atoms with Gasteiger partial charge in [0.2, 0.25) is 5.91 Å². The number of thioether (sulfide) groups is 1. The Labute approximate surface area is 196 Å². The Bertz CT molecular complexity index is 1270. The number of benzene rings is 3. The number of hydrogen-bond donors (Lipinski definition) is 0. The van der Waals surface area contributed by atoms with E-state index in [1.54, 1.807) is 12.1 Å². The molecule has 0 fully saturated rings. The van der Waals surface area contributed by atoms with E-state index < -0.39 is 0 Å². The predicted molar refractivity (Wildman–Crippen MR) is 128 cm³/mol. The van der Waals surface area contributed by atoms with Crippen LogP contribution in [-0.4, -0.2) is 37.4 Å². The van der Waals surface area contributed by atoms with Crippen molar-refractivity contribution in [1.29, 1.82) is 0 Å². The summed E-state index contributed by atoms with van der Waals surface area (Å²) in [5.41, 5.74) is 4.16. The quantitative estimate of drug-likeness (QED) is 0.389. The molecule has 1 aromatic heterocycles. The lowest BCUT2D eigenvalue weighted by molar-refractivity contribution is -0.131. The zero-order valence-corrected chi connectivity index (χ0v) is 19.0. The molecule has 1 amide bonds. The zero-order chi connectivity index (χ0) is 22.8. The first-order valence-corrected chi connectivity index (χ1v) is 11.8. The summed E-state index contributed by atoms with van der Waals surface area (Å²) in [6.07, 6.45) is 0.864. The SMILES string of the molecule is CC(Sc1nnc(-c2ccccc2)n1-c1ccc(F)cc1)C(=O)N1CCc2ccccc2C1. The predicted octanol–water partition coefficient (Wildman–Crippen LogP) is 5.14. The second-order valence-electron chi connectivity index (χ2n) is 8.02. The van der Waals surface area contributed by atoms with Crippen LogP contribution in [0.25, 0.3) is 17.1 Å². The third kappa shape index (κ3) is 4.41. The second-order valence-corrected chi connectivity index (χ2v) is 9.33. The highest BCUT2D eigenvalue weighted by molar-refractivity contribution is 8.00. The van der Waals surface area contributed by atoms with Crippen LogP contribution in [0, 0.1) is 5.82 Å². The van der Waals surface area contributed by atoms with Gasteiger partial charge < -0.3 is 4.90 Å². The van der Waals surface area contributed by atoms with Crippen LogP contribution in [-0.2, 0) is 17.8 Å². The van der Waals surface area contributed by atoms with Gasteiger partial charge in [-0.25, -0.2) is 4.39 Å². The number of halogens is 1. The van der Waals surface area contributed by atoms with Crippen molar-refractivity contribution in [3.05, 3.63) is 95.8 Å². The van der Waals surface area contributed by atoms with Crippen LogP contribution >= 0.6 is 11.8 Å². The van der Waals surface area contributed by atoms with E-state index in [2.05, 4.69) is 22.3 Å². The van der Waals surface area contributed by atoms with Crippen molar-refractivity contribution in [2.24, 2.45) is 0 Å². The van der Waals surface area contributed by atoms with Crippen molar-refractivity contribution >= 4 is 17.7 Å². The van der Waals surface area contributed by atoms with Crippen LogP contribution in [0.3, 0.4) is 0 Å². The summed E-state index contributed by atoms with van der Waals surface area (Å²) in [7, 11) is 0. The van der Waals surface area contributed by atoms with Crippen LogP contribution in [0.4, 0.5) is 4.39 Å². The van der Waals surface area contributed by atoms with Crippen LogP contribution in [0.5, 0.6) is 0 Å². The minimum absolute atomic E-state index is 0.0735. The molecule has 166 valence electrons. The summed E-state index contributed by atoms with van der Waals surface area (Å²) in [6, 6.07) is 24.2. The molecule has 7 heteroatoms. The lowest BCUT2D eigenvalue weighted by Crippen LogP contribution is -2.40. The van der Waals surface area contributed by atoms with Gasteiger partial charge in [-0.2, -0.15) is 0 Å². The van der Waals surface area contributed by atoms with Crippen molar-refractivity contribution in [2.45, 2.75) is 30.3 Å². The molecule has 2 heterocycles. The molecule has 1 atom stereocenters. The lowest BCUT2D eigenvalue weighted by Gasteiger charge is -2.30. The fourth-order valence-electron chi connectivity index (χ4n) is 4.09. The Morgan fingerprint density at radius 1 is 0.939 bits per heavy atom. The third-order valence-corrected chi connectivity index (χ3v) is 6.85. The summed E-state index contributed by atoms with van der Waals surface area (Å²) < 4.78 is 15.5. The van der Waals surface area contributed by atoms with E-state index in [-0.39, 0.29) is 17.0 Å². The molecule has 5 rings (SSSR count). The van der Waals surface area contributed by atoms with Gasteiger partial charge in [0, 0.05) is 24.3 Å². The number of rotatable bonds is 5. The Balaban J connectivity index is 1.43. The average molecular weight is 459 g/mol. The van der Waals surface area contributed by atoms with Crippen molar-refractivity contribution < 1.29 is 9.18 Å². The minimum atomic E-state index is -0.345. The Morgan fingerprint density at radius 3 is 2.39 bits per heavy atom. The van der Waals surface area contributed by atoms with E-state index in [4.69, 9.17) is 0 Å². The first-order valence-electron chi connectivity index (χ1n) is 10.9. The third-order valence-electron chi connectivity index (χ3n) is 5.82. The Kier molecular flexibility index (Phi) is 5.96. The Morgan fingerprint density at radius 2 is 1.64 bits per heavy atom. The number of nitrogens with zero attached hydrogens (tertiary/aromatic N) is 4. The van der Waals surface area contributed by atoms with Gasteiger partial charge in [0.25, 0.3) is 0 Å². The van der Waals surface area contributed by atoms with Crippen molar-refractivity contribution in [3.8, 4) is 17.1 Å². The van der Waals surface area contributed by atoms with Gasteiger partial charge in [0.15, 0.2) is 11.0 Å². The highest BCUT2D eigenvalue weighted by Gasteiger charge is 2.27. The molecule has 1 aliphatic rings. The summed E-state index contributed by atoms with van der Waals surface area (Å²) >= 11 is 1.37. The van der Waals surface area contributed by atoms with Crippen LogP contribution in [0.15, 0.2) is 84.0 Å². The topological polar surface area (TPSA) is 51.0 Å². The molecule has 4 aromatic rings. The van der Waals surface area contributed by atoms with Gasteiger partial charge in [-0.05, 0) is 48.7 Å². The van der Waals surface area contributed by atoms with Crippen molar-refractivity contribution in [2.75, 3.05) is 6.54 Å². The van der Waals surface area contributed by atoms with Crippen molar-refractivity contribution in [3.63, 3.8) is 0 Å². The first kappa shape index (κ1) is 21.4. The summed E-state index contributed by atoms with van der Waals surface area (Å²) in [5.74, 6) is 0.414. The molecule has 1 unspecified atom stereocenters. The molecule has 0 N–H and O–H groups in total. The van der Waals surface area contributed by atoms with Crippen LogP contribution < -0.4 is 0 Å². The lowest BCUT2D eigenvalue weighted by atomic mass is 10.00. The molecule has 0 radical (unpaired) electrons. The van der Waals surface area contributed by atoms with Gasteiger partial charge in [0.1, 0.15) is 5.82 Å². The zero-order valence-electron chi connectivity index (χ0n) is 18.2. The molecule has 33 heavy (non-hydrogen) atoms. The minimum Gasteiger partial charge on any atom is -0.337 e. The molecule has 0 saturated heterocycles. The summed E-state index contributed by atoms with van der Waals surface area (Å²) in [5, 5.41) is 9.07. The molecular weight excluding hydrogens is 435 g/mol. The number of fused-ring (bicyclic) bond motifs is 1. The monoisotopic (exact) mass is 458 g/mol. The fraction of sp³-hybridized carbons (Fsp3) is 0.192. The molecular formula is C26H23FN4OS. The van der Waals surface area contributed by atoms with Crippen molar-refractivity contribution in [1.82, 2.24) is 19.7 Å². The summed E-state index contributed by atoms with van der Waals surface area (Å²) in [6.45, 7) is 3.24. The van der Waals surface area contributed by atoms with E-state index in [1.165, 1.54) is 35.0 Å². The van der Waals surface area contributed by atoms with Crippen LogP contribution in [0.2, 0.25) is 0 Å². The molecule has 1 aliphatic heterocycles.